The molecule has 6 heteroatoms. The topological polar surface area (TPSA) is 44.9 Å². The van der Waals surface area contributed by atoms with E-state index in [4.69, 9.17) is 14.8 Å². The van der Waals surface area contributed by atoms with Crippen LogP contribution in [0.25, 0.3) is 44.4 Å². The summed E-state index contributed by atoms with van der Waals surface area (Å²) >= 11 is 0. The van der Waals surface area contributed by atoms with E-state index in [1.165, 1.54) is 44.6 Å². The van der Waals surface area contributed by atoms with Gasteiger partial charge in [-0.15, -0.1) is 41.3 Å². The molecule has 0 spiro atoms. The fraction of sp³-hybridized carbons (Fsp3) is 0.333. The average molecular weight is 807 g/mol. The number of hydrogen-bond donors (Lipinski definition) is 0. The molecule has 5 nitrogen and oxygen atoms in total. The van der Waals surface area contributed by atoms with Gasteiger partial charge >= 0.3 is 20.4 Å². The number of ether oxygens (including phenoxy) is 1. The summed E-state index contributed by atoms with van der Waals surface area (Å²) in [7, 11) is 0. The summed E-state index contributed by atoms with van der Waals surface area (Å²) < 4.78 is 11.1. The third kappa shape index (κ3) is 7.57. The summed E-state index contributed by atoms with van der Waals surface area (Å²) in [5.41, 5.74) is 13.9. The van der Waals surface area contributed by atoms with Crippen molar-refractivity contribution in [3.05, 3.63) is 130 Å². The zero-order valence-corrected chi connectivity index (χ0v) is 35.1. The summed E-state index contributed by atoms with van der Waals surface area (Å²) in [6.07, 6.45) is 3.88. The quantitative estimate of drug-likeness (QED) is 0.108. The van der Waals surface area contributed by atoms with Crippen molar-refractivity contribution in [2.75, 3.05) is 0 Å². The third-order valence-corrected chi connectivity index (χ3v) is 10.4. The molecule has 4 aromatic carbocycles. The summed E-state index contributed by atoms with van der Waals surface area (Å²) in [6.45, 7) is 24.5. The summed E-state index contributed by atoms with van der Waals surface area (Å²) in [5, 5.41) is 7.49. The van der Waals surface area contributed by atoms with Gasteiger partial charge in [-0.05, 0) is 109 Å². The minimum Gasteiger partial charge on any atom is -0.509 e. The molecule has 0 saturated carbocycles. The number of pyridine rings is 1. The van der Waals surface area contributed by atoms with Gasteiger partial charge in [-0.1, -0.05) is 89.9 Å². The van der Waals surface area contributed by atoms with Crippen LogP contribution in [0.4, 0.5) is 0 Å². The SMILES string of the molecule is Cc1cc(C)c(-c2c(C)nn(-c3[c-]c(Oc4[c-]c5c(cc4)c4ccccc4n5-c4cc(C(C)(C)C)ccn4)cc(C(C)C)c3)c2CCC(C)C)c(C)c1.[Pd+2]. The summed E-state index contributed by atoms with van der Waals surface area (Å²) in [6, 6.07) is 33.1. The van der Waals surface area contributed by atoms with Crippen LogP contribution in [0.2, 0.25) is 0 Å². The van der Waals surface area contributed by atoms with E-state index in [1.807, 2.05) is 12.3 Å². The molecule has 54 heavy (non-hydrogen) atoms. The van der Waals surface area contributed by atoms with Gasteiger partial charge in [0.25, 0.3) is 0 Å². The second-order valence-electron chi connectivity index (χ2n) is 16.5. The Morgan fingerprint density at radius 1 is 0.778 bits per heavy atom. The number of para-hydroxylation sites is 1. The molecular formula is C48H52N4OPd. The Balaban J connectivity index is 0.00000497. The maximum absolute atomic E-state index is 6.73. The fourth-order valence-electron chi connectivity index (χ4n) is 7.68. The van der Waals surface area contributed by atoms with Gasteiger partial charge in [0.2, 0.25) is 0 Å². The molecule has 3 aromatic heterocycles. The van der Waals surface area contributed by atoms with Crippen molar-refractivity contribution in [3.63, 3.8) is 0 Å². The molecule has 0 bridgehead atoms. The molecule has 3 heterocycles. The molecule has 7 aromatic rings. The summed E-state index contributed by atoms with van der Waals surface area (Å²) in [4.78, 5) is 4.85. The predicted octanol–water partition coefficient (Wildman–Crippen LogP) is 12.7. The largest absolute Gasteiger partial charge is 2.00 e. The van der Waals surface area contributed by atoms with Gasteiger partial charge in [0.05, 0.1) is 5.69 Å². The van der Waals surface area contributed by atoms with Gasteiger partial charge in [0, 0.05) is 34.5 Å². The van der Waals surface area contributed by atoms with Gasteiger partial charge in [-0.3, -0.25) is 4.68 Å². The number of aromatic nitrogens is 4. The number of rotatable bonds is 9. The number of benzene rings is 4. The van der Waals surface area contributed by atoms with Crippen molar-refractivity contribution in [2.45, 2.75) is 100 Å². The maximum Gasteiger partial charge on any atom is 2.00 e. The van der Waals surface area contributed by atoms with Crippen molar-refractivity contribution in [1.29, 1.82) is 0 Å². The molecule has 0 atom stereocenters. The fourth-order valence-corrected chi connectivity index (χ4v) is 7.68. The van der Waals surface area contributed by atoms with E-state index in [0.29, 0.717) is 17.4 Å². The molecule has 0 N–H and O–H groups in total. The molecule has 0 unspecified atom stereocenters. The van der Waals surface area contributed by atoms with Crippen LogP contribution in [0, 0.1) is 45.7 Å². The molecule has 0 radical (unpaired) electrons. The zero-order valence-electron chi connectivity index (χ0n) is 33.6. The number of hydrogen-bond acceptors (Lipinski definition) is 3. The summed E-state index contributed by atoms with van der Waals surface area (Å²) in [5.74, 6) is 2.97. The Kier molecular flexibility index (Phi) is 11.1. The second-order valence-corrected chi connectivity index (χ2v) is 16.5. The Labute approximate surface area is 335 Å². The predicted molar refractivity (Wildman–Crippen MR) is 220 cm³/mol. The van der Waals surface area contributed by atoms with Crippen LogP contribution in [0.3, 0.4) is 0 Å². The van der Waals surface area contributed by atoms with Crippen LogP contribution < -0.4 is 4.74 Å². The Hall–Kier alpha value is -4.50. The van der Waals surface area contributed by atoms with Gasteiger partial charge in [-0.2, -0.15) is 11.2 Å². The van der Waals surface area contributed by atoms with E-state index in [2.05, 4.69) is 164 Å². The van der Waals surface area contributed by atoms with E-state index in [1.54, 1.807) is 0 Å². The van der Waals surface area contributed by atoms with Crippen LogP contribution in [0.1, 0.15) is 100 Å². The van der Waals surface area contributed by atoms with Crippen LogP contribution in [0.5, 0.6) is 11.5 Å². The maximum atomic E-state index is 6.73. The first-order chi connectivity index (χ1) is 25.2. The smallest absolute Gasteiger partial charge is 0.509 e. The van der Waals surface area contributed by atoms with E-state index >= 15 is 0 Å². The molecule has 0 amide bonds. The van der Waals surface area contributed by atoms with Crippen LogP contribution >= 0.6 is 0 Å². The molecule has 280 valence electrons. The normalized spacial score (nSPS) is 11.9. The molecule has 7 rings (SSSR count). The Bertz CT molecular complexity index is 2450. The molecule has 0 aliphatic rings. The standard InChI is InChI=1S/C48H52N4O.Pd/c1-29(2)16-19-43-47(46-32(6)22-31(5)23-33(46)7)34(8)50-52(43)37-24-35(30(3)4)25-39(27-37)53-38-17-18-41-40-14-12-13-15-42(40)51(44(41)28-38)45-26-36(20-21-49-45)48(9,10)11;/h12-15,17-18,20-26,29-30H,16,19H2,1-11H3;/q-2;+2. The van der Waals surface area contributed by atoms with Crippen LogP contribution in [-0.2, 0) is 32.3 Å². The first-order valence-electron chi connectivity index (χ1n) is 19.0. The minimum absolute atomic E-state index is 0. The first-order valence-corrected chi connectivity index (χ1v) is 19.0. The molecule has 0 aliphatic heterocycles. The van der Waals surface area contributed by atoms with Gasteiger partial charge in [0.1, 0.15) is 5.82 Å². The Morgan fingerprint density at radius 3 is 2.19 bits per heavy atom. The van der Waals surface area contributed by atoms with E-state index in [-0.39, 0.29) is 31.8 Å². The van der Waals surface area contributed by atoms with Crippen LogP contribution in [-0.4, -0.2) is 19.3 Å². The van der Waals surface area contributed by atoms with Crippen molar-refractivity contribution >= 4 is 21.8 Å². The van der Waals surface area contributed by atoms with Crippen molar-refractivity contribution in [2.24, 2.45) is 5.92 Å². The van der Waals surface area contributed by atoms with Crippen molar-refractivity contribution in [3.8, 4) is 34.1 Å². The van der Waals surface area contributed by atoms with Gasteiger partial charge in [-0.25, -0.2) is 4.98 Å². The molecular weight excluding hydrogens is 755 g/mol. The molecule has 0 aliphatic carbocycles. The second kappa shape index (κ2) is 15.3. The van der Waals surface area contributed by atoms with Crippen molar-refractivity contribution < 1.29 is 25.2 Å². The van der Waals surface area contributed by atoms with Gasteiger partial charge < -0.3 is 9.30 Å². The Morgan fingerprint density at radius 2 is 1.50 bits per heavy atom. The monoisotopic (exact) mass is 806 g/mol. The average Bonchev–Trinajstić information content (AvgIpc) is 3.60. The van der Waals surface area contributed by atoms with Crippen LogP contribution in [0.15, 0.2) is 79.0 Å². The molecule has 0 saturated heterocycles. The van der Waals surface area contributed by atoms with Crippen molar-refractivity contribution in [1.82, 2.24) is 19.3 Å². The minimum atomic E-state index is -0.0102. The van der Waals surface area contributed by atoms with E-state index in [0.717, 1.165) is 51.8 Å². The number of fused-ring (bicyclic) bond motifs is 3. The zero-order chi connectivity index (χ0) is 37.8. The third-order valence-electron chi connectivity index (χ3n) is 10.4. The first kappa shape index (κ1) is 39.2. The van der Waals surface area contributed by atoms with E-state index in [9.17, 15) is 0 Å². The number of aryl methyl sites for hydroxylation is 4. The number of nitrogens with zero attached hydrogens (tertiary/aromatic N) is 4. The van der Waals surface area contributed by atoms with E-state index < -0.39 is 0 Å². The van der Waals surface area contributed by atoms with Gasteiger partial charge in [0.15, 0.2) is 0 Å². The molecule has 0 fully saturated rings.